The Hall–Kier alpha value is -2.55. The Morgan fingerprint density at radius 3 is 2.95 bits per heavy atom. The minimum absolute atomic E-state index is 0.0930. The third kappa shape index (κ3) is 1.63. The van der Waals surface area contributed by atoms with Gasteiger partial charge < -0.3 is 10.1 Å². The minimum Gasteiger partial charge on any atom is -0.478 e. The number of benzene rings is 2. The molecule has 0 saturated heterocycles. The Morgan fingerprint density at radius 2 is 2.05 bits per heavy atom. The first-order chi connectivity index (χ1) is 9.85. The van der Waals surface area contributed by atoms with Gasteiger partial charge in [-0.05, 0) is 23.8 Å². The van der Waals surface area contributed by atoms with Gasteiger partial charge in [-0.15, -0.1) is 0 Å². The van der Waals surface area contributed by atoms with Crippen LogP contribution in [0.3, 0.4) is 0 Å². The van der Waals surface area contributed by atoms with Gasteiger partial charge in [-0.25, -0.2) is 4.99 Å². The van der Waals surface area contributed by atoms with Crippen molar-refractivity contribution in [2.24, 2.45) is 4.99 Å². The van der Waals surface area contributed by atoms with E-state index in [1.807, 2.05) is 37.4 Å². The van der Waals surface area contributed by atoms with Gasteiger partial charge in [0, 0.05) is 24.4 Å². The summed E-state index contributed by atoms with van der Waals surface area (Å²) in [7, 11) is 1.90. The van der Waals surface area contributed by atoms with E-state index in [9.17, 15) is 0 Å². The molecule has 1 atom stereocenters. The van der Waals surface area contributed by atoms with E-state index in [4.69, 9.17) is 9.73 Å². The first kappa shape index (κ1) is 11.3. The maximum Gasteiger partial charge on any atom is 0.160 e. The Balaban J connectivity index is 1.87. The molecule has 0 fully saturated rings. The van der Waals surface area contributed by atoms with Crippen LogP contribution in [0.2, 0.25) is 0 Å². The van der Waals surface area contributed by atoms with Gasteiger partial charge >= 0.3 is 0 Å². The number of fused-ring (bicyclic) bond motifs is 4. The highest BCUT2D eigenvalue weighted by molar-refractivity contribution is 6.12. The zero-order valence-corrected chi connectivity index (χ0v) is 11.1. The number of aliphatic imine (C=N–C) groups is 1. The lowest BCUT2D eigenvalue weighted by atomic mass is 9.92. The highest BCUT2D eigenvalue weighted by Gasteiger charge is 2.27. The van der Waals surface area contributed by atoms with Gasteiger partial charge in [-0.1, -0.05) is 30.3 Å². The van der Waals surface area contributed by atoms with Crippen molar-refractivity contribution in [1.82, 2.24) is 0 Å². The fourth-order valence-electron chi connectivity index (χ4n) is 2.65. The van der Waals surface area contributed by atoms with Crippen LogP contribution in [0.5, 0.6) is 5.75 Å². The molecule has 98 valence electrons. The quantitative estimate of drug-likeness (QED) is 0.851. The van der Waals surface area contributed by atoms with E-state index in [0.717, 1.165) is 28.4 Å². The number of anilines is 1. The molecule has 1 aliphatic heterocycles. The third-order valence-electron chi connectivity index (χ3n) is 3.70. The van der Waals surface area contributed by atoms with Gasteiger partial charge in [-0.2, -0.15) is 0 Å². The van der Waals surface area contributed by atoms with Crippen molar-refractivity contribution in [2.45, 2.75) is 6.10 Å². The van der Waals surface area contributed by atoms with Gasteiger partial charge in [0.1, 0.15) is 11.4 Å². The first-order valence-corrected chi connectivity index (χ1v) is 6.70. The molecule has 4 rings (SSSR count). The maximum absolute atomic E-state index is 6.08. The summed E-state index contributed by atoms with van der Waals surface area (Å²) in [4.78, 5) is 4.80. The molecule has 0 aromatic heterocycles. The normalized spacial score (nSPS) is 18.2. The second-order valence-corrected chi connectivity index (χ2v) is 4.91. The van der Waals surface area contributed by atoms with E-state index in [0.29, 0.717) is 0 Å². The standard InChI is InChI=1S/C17H14N2O/c1-18-12-7-8-14-16(10-12)20-15-9-6-11-4-2-3-5-13(11)17(15)19-14/h2-10,15,18H,1H3. The average molecular weight is 262 g/mol. The number of hydrogen-bond donors (Lipinski definition) is 1. The van der Waals surface area contributed by atoms with Crippen molar-refractivity contribution >= 4 is 23.2 Å². The molecule has 2 aromatic rings. The lowest BCUT2D eigenvalue weighted by Crippen LogP contribution is -2.31. The van der Waals surface area contributed by atoms with Crippen molar-refractivity contribution < 1.29 is 4.74 Å². The van der Waals surface area contributed by atoms with Crippen LogP contribution in [-0.2, 0) is 0 Å². The van der Waals surface area contributed by atoms with Gasteiger partial charge in [0.15, 0.2) is 6.10 Å². The van der Waals surface area contributed by atoms with Crippen LogP contribution in [0.4, 0.5) is 11.4 Å². The lowest BCUT2D eigenvalue weighted by Gasteiger charge is -2.27. The minimum atomic E-state index is -0.0930. The van der Waals surface area contributed by atoms with Crippen molar-refractivity contribution in [2.75, 3.05) is 12.4 Å². The van der Waals surface area contributed by atoms with Crippen molar-refractivity contribution in [1.29, 1.82) is 0 Å². The number of ether oxygens (including phenoxy) is 1. The molecule has 3 nitrogen and oxygen atoms in total. The van der Waals surface area contributed by atoms with Crippen LogP contribution in [-0.4, -0.2) is 18.9 Å². The molecular weight excluding hydrogens is 248 g/mol. The van der Waals surface area contributed by atoms with E-state index < -0.39 is 0 Å². The van der Waals surface area contributed by atoms with Gasteiger partial charge in [-0.3, -0.25) is 0 Å². The average Bonchev–Trinajstić information content (AvgIpc) is 2.52. The van der Waals surface area contributed by atoms with Crippen LogP contribution >= 0.6 is 0 Å². The first-order valence-electron chi connectivity index (χ1n) is 6.70. The van der Waals surface area contributed by atoms with E-state index in [1.54, 1.807) is 0 Å². The smallest absolute Gasteiger partial charge is 0.160 e. The summed E-state index contributed by atoms with van der Waals surface area (Å²) in [5.41, 5.74) is 5.26. The molecule has 0 spiro atoms. The molecule has 2 aromatic carbocycles. The molecule has 1 N–H and O–H groups in total. The molecule has 1 aliphatic carbocycles. The number of rotatable bonds is 1. The van der Waals surface area contributed by atoms with Crippen LogP contribution in [0, 0.1) is 0 Å². The summed E-state index contributed by atoms with van der Waals surface area (Å²) < 4.78 is 6.08. The van der Waals surface area contributed by atoms with Gasteiger partial charge in [0.2, 0.25) is 0 Å². The zero-order valence-electron chi connectivity index (χ0n) is 11.1. The Kier molecular flexibility index (Phi) is 2.39. The van der Waals surface area contributed by atoms with E-state index in [1.165, 1.54) is 5.56 Å². The monoisotopic (exact) mass is 262 g/mol. The van der Waals surface area contributed by atoms with Crippen LogP contribution < -0.4 is 10.1 Å². The van der Waals surface area contributed by atoms with E-state index in [2.05, 4.69) is 29.6 Å². The van der Waals surface area contributed by atoms with Crippen molar-refractivity contribution in [3.8, 4) is 5.75 Å². The predicted molar refractivity (Wildman–Crippen MR) is 82.1 cm³/mol. The number of nitrogens with one attached hydrogen (secondary N) is 1. The molecule has 0 saturated carbocycles. The van der Waals surface area contributed by atoms with Crippen LogP contribution in [0.1, 0.15) is 11.1 Å². The maximum atomic E-state index is 6.08. The fraction of sp³-hybridized carbons (Fsp3) is 0.118. The second kappa shape index (κ2) is 4.23. The third-order valence-corrected chi connectivity index (χ3v) is 3.70. The van der Waals surface area contributed by atoms with Crippen molar-refractivity contribution in [3.05, 3.63) is 59.7 Å². The highest BCUT2D eigenvalue weighted by atomic mass is 16.5. The molecule has 3 heteroatoms. The topological polar surface area (TPSA) is 33.6 Å². The molecule has 0 bridgehead atoms. The van der Waals surface area contributed by atoms with Crippen LogP contribution in [0.15, 0.2) is 53.5 Å². The fourth-order valence-corrected chi connectivity index (χ4v) is 2.65. The molecule has 20 heavy (non-hydrogen) atoms. The Morgan fingerprint density at radius 1 is 1.15 bits per heavy atom. The number of hydrogen-bond acceptors (Lipinski definition) is 3. The Labute approximate surface area is 117 Å². The highest BCUT2D eigenvalue weighted by Crippen LogP contribution is 2.38. The van der Waals surface area contributed by atoms with Gasteiger partial charge in [0.25, 0.3) is 0 Å². The summed E-state index contributed by atoms with van der Waals surface area (Å²) in [5.74, 6) is 0.828. The summed E-state index contributed by atoms with van der Waals surface area (Å²) in [5, 5.41) is 3.12. The summed E-state index contributed by atoms with van der Waals surface area (Å²) in [6, 6.07) is 14.3. The van der Waals surface area contributed by atoms with E-state index in [-0.39, 0.29) is 6.10 Å². The number of nitrogens with zero attached hydrogens (tertiary/aromatic N) is 1. The largest absolute Gasteiger partial charge is 0.478 e. The molecular formula is C17H14N2O. The summed E-state index contributed by atoms with van der Waals surface area (Å²) >= 11 is 0. The molecule has 1 heterocycles. The molecule has 0 amide bonds. The SMILES string of the molecule is CNc1ccc2c(c1)OC1C=Cc3ccccc3C1=N2. The Bertz CT molecular complexity index is 746. The summed E-state index contributed by atoms with van der Waals surface area (Å²) in [6.07, 6.45) is 4.08. The van der Waals surface area contributed by atoms with Crippen molar-refractivity contribution in [3.63, 3.8) is 0 Å². The zero-order chi connectivity index (χ0) is 13.5. The molecule has 0 radical (unpaired) electrons. The van der Waals surface area contributed by atoms with Crippen LogP contribution in [0.25, 0.3) is 6.08 Å². The second-order valence-electron chi connectivity index (χ2n) is 4.91. The lowest BCUT2D eigenvalue weighted by molar-refractivity contribution is 0.309. The van der Waals surface area contributed by atoms with E-state index >= 15 is 0 Å². The van der Waals surface area contributed by atoms with Gasteiger partial charge in [0.05, 0.1) is 5.71 Å². The predicted octanol–water partition coefficient (Wildman–Crippen LogP) is 3.64. The molecule has 2 aliphatic rings. The molecule has 1 unspecified atom stereocenters. The summed E-state index contributed by atoms with van der Waals surface area (Å²) in [6.45, 7) is 0.